The van der Waals surface area contributed by atoms with Crippen LogP contribution in [0.3, 0.4) is 0 Å². The number of nitrogens with zero attached hydrogens (tertiary/aromatic N) is 3. The van der Waals surface area contributed by atoms with Crippen LogP contribution in [0.5, 0.6) is 11.5 Å². The van der Waals surface area contributed by atoms with E-state index in [9.17, 15) is 18.0 Å². The Kier molecular flexibility index (Phi) is 7.06. The van der Waals surface area contributed by atoms with Crippen LogP contribution in [0.1, 0.15) is 18.9 Å². The van der Waals surface area contributed by atoms with E-state index in [-0.39, 0.29) is 5.75 Å². The number of thioether (sulfide) groups is 1. The first-order chi connectivity index (χ1) is 14.8. The Morgan fingerprint density at radius 2 is 1.90 bits per heavy atom. The average molecular weight is 452 g/mol. The van der Waals surface area contributed by atoms with Crippen molar-refractivity contribution in [1.82, 2.24) is 14.8 Å². The van der Waals surface area contributed by atoms with Crippen LogP contribution < -0.4 is 14.8 Å². The molecule has 0 aliphatic carbocycles. The van der Waals surface area contributed by atoms with E-state index in [1.165, 1.54) is 0 Å². The van der Waals surface area contributed by atoms with Crippen LogP contribution in [-0.4, -0.2) is 33.5 Å². The van der Waals surface area contributed by atoms with Gasteiger partial charge in [0.15, 0.2) is 34.5 Å². The number of hydrogen-bond acceptors (Lipinski definition) is 6. The van der Waals surface area contributed by atoms with Gasteiger partial charge >= 0.3 is 0 Å². The monoisotopic (exact) mass is 452 g/mol. The second-order valence-corrected chi connectivity index (χ2v) is 7.34. The van der Waals surface area contributed by atoms with Crippen LogP contribution in [0.4, 0.5) is 18.9 Å². The molecule has 0 aliphatic rings. The highest BCUT2D eigenvalue weighted by atomic mass is 32.2. The maximum Gasteiger partial charge on any atom is 0.234 e. The van der Waals surface area contributed by atoms with E-state index in [1.54, 1.807) is 49.9 Å². The topological polar surface area (TPSA) is 78.3 Å². The van der Waals surface area contributed by atoms with Gasteiger partial charge in [-0.2, -0.15) is 0 Å². The highest BCUT2D eigenvalue weighted by Crippen LogP contribution is 2.26. The fourth-order valence-electron chi connectivity index (χ4n) is 2.68. The standard InChI is InChI=1S/C20H19F3N4O3S/c1-11(30-13-6-4-5-12(9-13)29-3)19-25-26-20(27(19)2)31-10-16(28)24-15-8-7-14(21)17(22)18(15)23/h4-9,11H,10H2,1-3H3,(H,24,28). The zero-order chi connectivity index (χ0) is 22.5. The maximum atomic E-state index is 13.7. The van der Waals surface area contributed by atoms with Crippen molar-refractivity contribution in [1.29, 1.82) is 0 Å². The van der Waals surface area contributed by atoms with E-state index in [0.29, 0.717) is 22.5 Å². The molecule has 164 valence electrons. The number of hydrogen-bond donors (Lipinski definition) is 1. The van der Waals surface area contributed by atoms with Gasteiger partial charge < -0.3 is 19.4 Å². The van der Waals surface area contributed by atoms with Crippen LogP contribution in [0, 0.1) is 17.5 Å². The van der Waals surface area contributed by atoms with E-state index in [4.69, 9.17) is 9.47 Å². The molecule has 3 aromatic rings. The van der Waals surface area contributed by atoms with Crippen molar-refractivity contribution in [3.05, 3.63) is 59.7 Å². The molecule has 1 N–H and O–H groups in total. The number of carbonyl (C=O) groups excluding carboxylic acids is 1. The number of halogens is 3. The number of aromatic nitrogens is 3. The molecule has 1 atom stereocenters. The summed E-state index contributed by atoms with van der Waals surface area (Å²) in [4.78, 5) is 12.1. The first-order valence-electron chi connectivity index (χ1n) is 9.06. The highest BCUT2D eigenvalue weighted by molar-refractivity contribution is 7.99. The predicted octanol–water partition coefficient (Wildman–Crippen LogP) is 4.11. The van der Waals surface area contributed by atoms with Crippen LogP contribution in [0.15, 0.2) is 41.6 Å². The molecule has 31 heavy (non-hydrogen) atoms. The average Bonchev–Trinajstić information content (AvgIpc) is 3.13. The number of anilines is 1. The van der Waals surface area contributed by atoms with E-state index in [0.717, 1.165) is 23.9 Å². The summed E-state index contributed by atoms with van der Waals surface area (Å²) in [6, 6.07) is 8.81. The van der Waals surface area contributed by atoms with E-state index in [2.05, 4.69) is 15.5 Å². The number of methoxy groups -OCH3 is 1. The van der Waals surface area contributed by atoms with Crippen molar-refractivity contribution in [2.24, 2.45) is 7.05 Å². The second-order valence-electron chi connectivity index (χ2n) is 6.40. The maximum absolute atomic E-state index is 13.7. The van der Waals surface area contributed by atoms with Gasteiger partial charge in [0.05, 0.1) is 18.6 Å². The van der Waals surface area contributed by atoms with Gasteiger partial charge in [0.2, 0.25) is 5.91 Å². The molecule has 0 radical (unpaired) electrons. The Balaban J connectivity index is 1.61. The normalized spacial score (nSPS) is 11.8. The van der Waals surface area contributed by atoms with Crippen LogP contribution in [0.2, 0.25) is 0 Å². The molecule has 0 aliphatic heterocycles. The lowest BCUT2D eigenvalue weighted by Gasteiger charge is -2.14. The zero-order valence-electron chi connectivity index (χ0n) is 16.9. The Morgan fingerprint density at radius 3 is 2.65 bits per heavy atom. The van der Waals surface area contributed by atoms with Gasteiger partial charge in [-0.3, -0.25) is 4.79 Å². The van der Waals surface area contributed by atoms with Gasteiger partial charge in [0.25, 0.3) is 0 Å². The van der Waals surface area contributed by atoms with Crippen molar-refractivity contribution >= 4 is 23.4 Å². The summed E-state index contributed by atoms with van der Waals surface area (Å²) in [6.45, 7) is 1.80. The SMILES string of the molecule is COc1cccc(OC(C)c2nnc(SCC(=O)Nc3ccc(F)c(F)c3F)n2C)c1. The summed E-state index contributed by atoms with van der Waals surface area (Å²) < 4.78 is 52.7. The third kappa shape index (κ3) is 5.29. The van der Waals surface area contributed by atoms with Gasteiger partial charge in [-0.15, -0.1) is 10.2 Å². The lowest BCUT2D eigenvalue weighted by molar-refractivity contribution is -0.113. The summed E-state index contributed by atoms with van der Waals surface area (Å²) in [5.74, 6) is -3.41. The van der Waals surface area contributed by atoms with Crippen molar-refractivity contribution in [2.45, 2.75) is 18.2 Å². The molecule has 0 fully saturated rings. The summed E-state index contributed by atoms with van der Waals surface area (Å²) in [5.41, 5.74) is -0.441. The largest absolute Gasteiger partial charge is 0.497 e. The van der Waals surface area contributed by atoms with Crippen LogP contribution in [0.25, 0.3) is 0 Å². The molecule has 3 rings (SSSR count). The Labute approximate surface area is 180 Å². The number of benzene rings is 2. The molecule has 1 amide bonds. The van der Waals surface area contributed by atoms with Gasteiger partial charge in [-0.1, -0.05) is 17.8 Å². The van der Waals surface area contributed by atoms with Gasteiger partial charge in [-0.25, -0.2) is 13.2 Å². The minimum absolute atomic E-state index is 0.143. The predicted molar refractivity (Wildman–Crippen MR) is 109 cm³/mol. The smallest absolute Gasteiger partial charge is 0.234 e. The third-order valence-corrected chi connectivity index (χ3v) is 5.25. The van der Waals surface area contributed by atoms with E-state index in [1.807, 2.05) is 0 Å². The number of ether oxygens (including phenoxy) is 2. The van der Waals surface area contributed by atoms with Gasteiger partial charge in [0.1, 0.15) is 11.5 Å². The lowest BCUT2D eigenvalue weighted by atomic mass is 10.3. The fourth-order valence-corrected chi connectivity index (χ4v) is 3.39. The van der Waals surface area contributed by atoms with E-state index >= 15 is 0 Å². The van der Waals surface area contributed by atoms with Crippen molar-refractivity contribution in [2.75, 3.05) is 18.2 Å². The fraction of sp³-hybridized carbons (Fsp3) is 0.250. The Bertz CT molecular complexity index is 1090. The molecule has 1 aromatic heterocycles. The van der Waals surface area contributed by atoms with Crippen LogP contribution in [-0.2, 0) is 11.8 Å². The Hall–Kier alpha value is -3.21. The summed E-state index contributed by atoms with van der Waals surface area (Å²) in [6.07, 6.45) is -0.441. The third-order valence-electron chi connectivity index (χ3n) is 4.23. The molecule has 7 nitrogen and oxygen atoms in total. The first-order valence-corrected chi connectivity index (χ1v) is 10.0. The molecule has 0 saturated carbocycles. The molecule has 0 bridgehead atoms. The highest BCUT2D eigenvalue weighted by Gasteiger charge is 2.19. The number of amides is 1. The minimum Gasteiger partial charge on any atom is -0.497 e. The van der Waals surface area contributed by atoms with Crippen molar-refractivity contribution < 1.29 is 27.4 Å². The molecule has 11 heteroatoms. The van der Waals surface area contributed by atoms with E-state index < -0.39 is 35.2 Å². The molecule has 1 unspecified atom stereocenters. The van der Waals surface area contributed by atoms with Gasteiger partial charge in [-0.05, 0) is 31.2 Å². The molecule has 0 saturated heterocycles. The molecule has 2 aromatic carbocycles. The summed E-state index contributed by atoms with van der Waals surface area (Å²) in [5, 5.41) is 10.8. The first kappa shape index (κ1) is 22.5. The van der Waals surface area contributed by atoms with Crippen molar-refractivity contribution in [3.8, 4) is 11.5 Å². The molecular formula is C20H19F3N4O3S. The lowest BCUT2D eigenvalue weighted by Crippen LogP contribution is -2.16. The summed E-state index contributed by atoms with van der Waals surface area (Å²) in [7, 11) is 3.28. The number of nitrogens with one attached hydrogen (secondary N) is 1. The van der Waals surface area contributed by atoms with Gasteiger partial charge in [0, 0.05) is 13.1 Å². The number of rotatable bonds is 8. The molecular weight excluding hydrogens is 433 g/mol. The molecule has 0 spiro atoms. The minimum atomic E-state index is -1.64. The number of carbonyl (C=O) groups is 1. The Morgan fingerprint density at radius 1 is 1.16 bits per heavy atom. The molecule has 1 heterocycles. The van der Waals surface area contributed by atoms with Crippen molar-refractivity contribution in [3.63, 3.8) is 0 Å². The zero-order valence-corrected chi connectivity index (χ0v) is 17.7. The second kappa shape index (κ2) is 9.73. The van der Waals surface area contributed by atoms with Crippen LogP contribution >= 0.6 is 11.8 Å². The summed E-state index contributed by atoms with van der Waals surface area (Å²) >= 11 is 1.05. The quantitative estimate of drug-likeness (QED) is 0.409.